The van der Waals surface area contributed by atoms with Crippen molar-refractivity contribution in [3.05, 3.63) is 28.8 Å². The van der Waals surface area contributed by atoms with Crippen LogP contribution >= 0.6 is 11.6 Å². The van der Waals surface area contributed by atoms with Gasteiger partial charge in [-0.1, -0.05) is 18.5 Å². The zero-order valence-corrected chi connectivity index (χ0v) is 10.6. The molecule has 1 aliphatic rings. The van der Waals surface area contributed by atoms with Crippen LogP contribution in [0.2, 0.25) is 5.02 Å². The molecule has 0 aliphatic carbocycles. The number of hydrogen-bond acceptors (Lipinski definition) is 3. The van der Waals surface area contributed by atoms with Crippen molar-refractivity contribution in [1.29, 1.82) is 5.26 Å². The zero-order chi connectivity index (χ0) is 12.4. The number of nitrogens with two attached hydrogens (primary N) is 1. The zero-order valence-electron chi connectivity index (χ0n) is 9.86. The van der Waals surface area contributed by atoms with Gasteiger partial charge in [0.1, 0.15) is 0 Å². The molecule has 2 atom stereocenters. The Morgan fingerprint density at radius 3 is 2.88 bits per heavy atom. The summed E-state index contributed by atoms with van der Waals surface area (Å²) in [5.41, 5.74) is 7.60. The highest BCUT2D eigenvalue weighted by Gasteiger charge is 2.24. The summed E-state index contributed by atoms with van der Waals surface area (Å²) >= 11 is 6.20. The van der Waals surface area contributed by atoms with Gasteiger partial charge in [-0.15, -0.1) is 0 Å². The lowest BCUT2D eigenvalue weighted by molar-refractivity contribution is 0.383. The maximum atomic E-state index is 8.80. The molecule has 0 aromatic heterocycles. The molecule has 0 bridgehead atoms. The SMILES string of the molecule is CC1CN(c2ccc(C#N)cc2Cl)CCC1N. The Balaban J connectivity index is 2.21. The Bertz CT molecular complexity index is 452. The third-order valence-electron chi connectivity index (χ3n) is 3.39. The lowest BCUT2D eigenvalue weighted by atomic mass is 9.94. The molecule has 2 N–H and O–H groups in total. The monoisotopic (exact) mass is 249 g/mol. The van der Waals surface area contributed by atoms with E-state index in [9.17, 15) is 0 Å². The first-order chi connectivity index (χ1) is 8.11. The van der Waals surface area contributed by atoms with E-state index in [1.165, 1.54) is 0 Å². The van der Waals surface area contributed by atoms with Gasteiger partial charge in [0.2, 0.25) is 0 Å². The molecule has 1 fully saturated rings. The molecule has 2 rings (SSSR count). The Labute approximate surface area is 107 Å². The molecule has 0 saturated carbocycles. The van der Waals surface area contributed by atoms with Gasteiger partial charge in [-0.25, -0.2) is 0 Å². The highest BCUT2D eigenvalue weighted by molar-refractivity contribution is 6.33. The molecule has 90 valence electrons. The van der Waals surface area contributed by atoms with E-state index >= 15 is 0 Å². The first-order valence-corrected chi connectivity index (χ1v) is 6.20. The molecule has 3 nitrogen and oxygen atoms in total. The average Bonchev–Trinajstić information content (AvgIpc) is 2.32. The number of benzene rings is 1. The van der Waals surface area contributed by atoms with Crippen LogP contribution in [0.25, 0.3) is 0 Å². The van der Waals surface area contributed by atoms with Crippen LogP contribution in [0.1, 0.15) is 18.9 Å². The summed E-state index contributed by atoms with van der Waals surface area (Å²) in [6, 6.07) is 7.82. The number of rotatable bonds is 1. The summed E-state index contributed by atoms with van der Waals surface area (Å²) in [6.45, 7) is 4.01. The second-order valence-electron chi connectivity index (χ2n) is 4.65. The topological polar surface area (TPSA) is 53.0 Å². The molecule has 0 spiro atoms. The van der Waals surface area contributed by atoms with Crippen molar-refractivity contribution in [3.8, 4) is 6.07 Å². The first-order valence-electron chi connectivity index (χ1n) is 5.82. The second kappa shape index (κ2) is 4.95. The Morgan fingerprint density at radius 1 is 1.53 bits per heavy atom. The molecule has 1 saturated heterocycles. The van der Waals surface area contributed by atoms with E-state index < -0.39 is 0 Å². The van der Waals surface area contributed by atoms with E-state index in [0.717, 1.165) is 25.2 Å². The highest BCUT2D eigenvalue weighted by Crippen LogP contribution is 2.30. The molecular formula is C13H16ClN3. The summed E-state index contributed by atoms with van der Waals surface area (Å²) in [5, 5.41) is 9.45. The first kappa shape index (κ1) is 12.2. The van der Waals surface area contributed by atoms with Crippen molar-refractivity contribution in [3.63, 3.8) is 0 Å². The Kier molecular flexibility index (Phi) is 3.56. The minimum atomic E-state index is 0.281. The number of nitrogens with zero attached hydrogens (tertiary/aromatic N) is 2. The lowest BCUT2D eigenvalue weighted by Gasteiger charge is -2.37. The van der Waals surface area contributed by atoms with Gasteiger partial charge in [-0.05, 0) is 30.5 Å². The number of halogens is 1. The molecule has 1 aliphatic heterocycles. The fourth-order valence-electron chi connectivity index (χ4n) is 2.22. The second-order valence-corrected chi connectivity index (χ2v) is 5.06. The molecule has 1 heterocycles. The summed E-state index contributed by atoms with van der Waals surface area (Å²) in [4.78, 5) is 2.25. The van der Waals surface area contributed by atoms with Crippen molar-refractivity contribution in [2.75, 3.05) is 18.0 Å². The summed E-state index contributed by atoms with van der Waals surface area (Å²) in [5.74, 6) is 0.468. The molecule has 2 unspecified atom stereocenters. The lowest BCUT2D eigenvalue weighted by Crippen LogP contribution is -2.46. The van der Waals surface area contributed by atoms with Crippen LogP contribution in [-0.2, 0) is 0 Å². The minimum absolute atomic E-state index is 0.281. The van der Waals surface area contributed by atoms with E-state index in [2.05, 4.69) is 17.9 Å². The normalized spacial score (nSPS) is 24.5. The van der Waals surface area contributed by atoms with Gasteiger partial charge in [0.15, 0.2) is 0 Å². The van der Waals surface area contributed by atoms with Gasteiger partial charge in [-0.3, -0.25) is 0 Å². The van der Waals surface area contributed by atoms with Crippen LogP contribution in [0, 0.1) is 17.2 Å². The van der Waals surface area contributed by atoms with Crippen molar-refractivity contribution in [2.24, 2.45) is 11.7 Å². The Hall–Kier alpha value is -1.24. The fraction of sp³-hybridized carbons (Fsp3) is 0.462. The van der Waals surface area contributed by atoms with Crippen molar-refractivity contribution in [2.45, 2.75) is 19.4 Å². The molecule has 1 aromatic carbocycles. The van der Waals surface area contributed by atoms with Gasteiger partial charge in [0, 0.05) is 19.1 Å². The smallest absolute Gasteiger partial charge is 0.0992 e. The molecule has 0 amide bonds. The van der Waals surface area contributed by atoms with E-state index in [-0.39, 0.29) is 6.04 Å². The van der Waals surface area contributed by atoms with E-state index in [1.807, 2.05) is 6.07 Å². The van der Waals surface area contributed by atoms with E-state index in [0.29, 0.717) is 16.5 Å². The molecule has 0 radical (unpaired) electrons. The van der Waals surface area contributed by atoms with Gasteiger partial charge >= 0.3 is 0 Å². The third kappa shape index (κ3) is 2.54. The van der Waals surface area contributed by atoms with Crippen LogP contribution < -0.4 is 10.6 Å². The summed E-state index contributed by atoms with van der Waals surface area (Å²) < 4.78 is 0. The van der Waals surface area contributed by atoms with Crippen LogP contribution in [-0.4, -0.2) is 19.1 Å². The van der Waals surface area contributed by atoms with E-state index in [1.54, 1.807) is 12.1 Å². The van der Waals surface area contributed by atoms with Crippen molar-refractivity contribution in [1.82, 2.24) is 0 Å². The quantitative estimate of drug-likeness (QED) is 0.832. The van der Waals surface area contributed by atoms with Crippen LogP contribution in [0.5, 0.6) is 0 Å². The van der Waals surface area contributed by atoms with Crippen LogP contribution in [0.4, 0.5) is 5.69 Å². The third-order valence-corrected chi connectivity index (χ3v) is 3.69. The van der Waals surface area contributed by atoms with Crippen LogP contribution in [0.15, 0.2) is 18.2 Å². The van der Waals surface area contributed by atoms with E-state index in [4.69, 9.17) is 22.6 Å². The van der Waals surface area contributed by atoms with Gasteiger partial charge in [0.05, 0.1) is 22.3 Å². The summed E-state index contributed by atoms with van der Waals surface area (Å²) in [6.07, 6.45) is 0.984. The molecule has 17 heavy (non-hydrogen) atoms. The largest absolute Gasteiger partial charge is 0.370 e. The molecule has 4 heteroatoms. The average molecular weight is 250 g/mol. The van der Waals surface area contributed by atoms with Crippen molar-refractivity contribution < 1.29 is 0 Å². The van der Waals surface area contributed by atoms with Crippen molar-refractivity contribution >= 4 is 17.3 Å². The molecule has 1 aromatic rings. The van der Waals surface area contributed by atoms with Gasteiger partial charge < -0.3 is 10.6 Å². The summed E-state index contributed by atoms with van der Waals surface area (Å²) in [7, 11) is 0. The number of nitriles is 1. The maximum absolute atomic E-state index is 8.80. The molecular weight excluding hydrogens is 234 g/mol. The fourth-order valence-corrected chi connectivity index (χ4v) is 2.52. The maximum Gasteiger partial charge on any atom is 0.0992 e. The number of piperidine rings is 1. The van der Waals surface area contributed by atoms with Gasteiger partial charge in [0.25, 0.3) is 0 Å². The standard InChI is InChI=1S/C13H16ClN3/c1-9-8-17(5-4-12(9)16)13-3-2-10(7-15)6-11(13)14/h2-3,6,9,12H,4-5,8,16H2,1H3. The number of hydrogen-bond donors (Lipinski definition) is 1. The predicted octanol–water partition coefficient (Wildman–Crippen LogP) is 2.39. The number of anilines is 1. The minimum Gasteiger partial charge on any atom is -0.370 e. The highest BCUT2D eigenvalue weighted by atomic mass is 35.5. The van der Waals surface area contributed by atoms with Crippen LogP contribution in [0.3, 0.4) is 0 Å². The Morgan fingerprint density at radius 2 is 2.29 bits per heavy atom. The predicted molar refractivity (Wildman–Crippen MR) is 70.1 cm³/mol. The van der Waals surface area contributed by atoms with Gasteiger partial charge in [-0.2, -0.15) is 5.26 Å².